The van der Waals surface area contributed by atoms with Crippen LogP contribution in [0.25, 0.3) is 0 Å². The number of aryl methyl sites for hydroxylation is 1. The van der Waals surface area contributed by atoms with E-state index in [1.54, 1.807) is 13.0 Å². The first-order valence-corrected chi connectivity index (χ1v) is 6.57. The largest absolute Gasteiger partial charge is 0.360 e. The quantitative estimate of drug-likeness (QED) is 0.849. The lowest BCUT2D eigenvalue weighted by Crippen LogP contribution is -2.45. The Bertz CT molecular complexity index is 416. The van der Waals surface area contributed by atoms with E-state index in [0.717, 1.165) is 6.42 Å². The molecule has 0 bridgehead atoms. The average Bonchev–Trinajstić information content (AvgIpc) is 2.70. The summed E-state index contributed by atoms with van der Waals surface area (Å²) in [6.45, 7) is 6.24. The Labute approximate surface area is 107 Å². The summed E-state index contributed by atoms with van der Waals surface area (Å²) in [5, 5.41) is 9.45. The van der Waals surface area contributed by atoms with Crippen molar-refractivity contribution < 1.29 is 9.32 Å². The number of carbonyl (C=O) groups is 1. The zero-order valence-corrected chi connectivity index (χ0v) is 11.2. The van der Waals surface area contributed by atoms with Gasteiger partial charge in [0.15, 0.2) is 5.82 Å². The second-order valence-electron chi connectivity index (χ2n) is 5.30. The predicted molar refractivity (Wildman–Crippen MR) is 69.4 cm³/mol. The van der Waals surface area contributed by atoms with E-state index in [2.05, 4.69) is 29.6 Å². The van der Waals surface area contributed by atoms with Gasteiger partial charge in [0.1, 0.15) is 5.76 Å². The fourth-order valence-electron chi connectivity index (χ4n) is 2.53. The van der Waals surface area contributed by atoms with E-state index >= 15 is 0 Å². The molecule has 5 nitrogen and oxygen atoms in total. The number of anilines is 1. The van der Waals surface area contributed by atoms with Crippen molar-refractivity contribution in [1.82, 2.24) is 10.5 Å². The number of rotatable bonds is 2. The molecule has 2 amide bonds. The third kappa shape index (κ3) is 3.03. The minimum absolute atomic E-state index is 0.200. The summed E-state index contributed by atoms with van der Waals surface area (Å²) in [6.07, 6.45) is 3.49. The van der Waals surface area contributed by atoms with Crippen LogP contribution in [0.4, 0.5) is 10.6 Å². The number of carbonyl (C=O) groups excluding carboxylic acids is 1. The summed E-state index contributed by atoms with van der Waals surface area (Å²) >= 11 is 0. The fraction of sp³-hybridized carbons (Fsp3) is 0.692. The molecule has 0 saturated heterocycles. The van der Waals surface area contributed by atoms with Crippen molar-refractivity contribution in [3.05, 3.63) is 11.8 Å². The van der Waals surface area contributed by atoms with Crippen molar-refractivity contribution in [1.29, 1.82) is 0 Å². The van der Waals surface area contributed by atoms with Crippen LogP contribution in [0.1, 0.15) is 38.9 Å². The van der Waals surface area contributed by atoms with Crippen molar-refractivity contribution in [3.63, 3.8) is 0 Å². The second-order valence-corrected chi connectivity index (χ2v) is 5.30. The molecular weight excluding hydrogens is 230 g/mol. The molecule has 18 heavy (non-hydrogen) atoms. The highest BCUT2D eigenvalue weighted by Gasteiger charge is 2.28. The van der Waals surface area contributed by atoms with Crippen LogP contribution < -0.4 is 10.6 Å². The summed E-state index contributed by atoms with van der Waals surface area (Å²) < 4.78 is 4.90. The first-order valence-electron chi connectivity index (χ1n) is 6.57. The van der Waals surface area contributed by atoms with Gasteiger partial charge in [0.2, 0.25) is 0 Å². The molecule has 0 aliphatic heterocycles. The summed E-state index contributed by atoms with van der Waals surface area (Å²) in [6, 6.07) is 1.75. The van der Waals surface area contributed by atoms with Gasteiger partial charge in [-0.2, -0.15) is 0 Å². The first-order chi connectivity index (χ1) is 8.56. The zero-order chi connectivity index (χ0) is 13.1. The van der Waals surface area contributed by atoms with Gasteiger partial charge in [-0.25, -0.2) is 4.79 Å². The molecule has 0 unspecified atom stereocenters. The summed E-state index contributed by atoms with van der Waals surface area (Å²) in [5.41, 5.74) is 0. The van der Waals surface area contributed by atoms with E-state index in [0.29, 0.717) is 23.4 Å². The maximum atomic E-state index is 11.8. The van der Waals surface area contributed by atoms with Crippen LogP contribution in [-0.2, 0) is 0 Å². The van der Waals surface area contributed by atoms with Crippen molar-refractivity contribution in [3.8, 4) is 0 Å². The van der Waals surface area contributed by atoms with Crippen LogP contribution in [0.5, 0.6) is 0 Å². The highest BCUT2D eigenvalue weighted by atomic mass is 16.5. The van der Waals surface area contributed by atoms with E-state index in [1.807, 2.05) is 0 Å². The average molecular weight is 251 g/mol. The number of aromatic nitrogens is 1. The summed E-state index contributed by atoms with van der Waals surface area (Å²) in [7, 11) is 0. The fourth-order valence-corrected chi connectivity index (χ4v) is 2.53. The SMILES string of the molecule is Cc1cc(NC(=O)N[C@@H]2CCC[C@@H](C)[C@@H]2C)no1. The minimum atomic E-state index is -0.200. The van der Waals surface area contributed by atoms with Crippen molar-refractivity contribution in [2.75, 3.05) is 5.32 Å². The van der Waals surface area contributed by atoms with Gasteiger partial charge in [0.05, 0.1) is 0 Å². The Balaban J connectivity index is 1.87. The molecule has 1 aromatic heterocycles. The molecule has 2 rings (SSSR count). The van der Waals surface area contributed by atoms with Crippen molar-refractivity contribution in [2.45, 2.75) is 46.1 Å². The molecule has 1 aromatic rings. The molecule has 3 atom stereocenters. The van der Waals surface area contributed by atoms with Gasteiger partial charge in [-0.15, -0.1) is 0 Å². The molecule has 5 heteroatoms. The van der Waals surface area contributed by atoms with Crippen LogP contribution in [0.3, 0.4) is 0 Å². The molecule has 0 radical (unpaired) electrons. The Morgan fingerprint density at radius 3 is 2.89 bits per heavy atom. The smallest absolute Gasteiger partial charge is 0.320 e. The standard InChI is InChI=1S/C13H21N3O2/c1-8-5-4-6-11(10(8)3)14-13(17)15-12-7-9(2)18-16-12/h7-8,10-11H,4-6H2,1-3H3,(H2,14,15,16,17)/t8-,10+,11-/m1/s1. The number of urea groups is 1. The molecule has 1 heterocycles. The number of nitrogens with zero attached hydrogens (tertiary/aromatic N) is 1. The maximum absolute atomic E-state index is 11.8. The topological polar surface area (TPSA) is 67.2 Å². The number of amides is 2. The number of nitrogens with one attached hydrogen (secondary N) is 2. The summed E-state index contributed by atoms with van der Waals surface area (Å²) in [4.78, 5) is 11.8. The highest BCUT2D eigenvalue weighted by Crippen LogP contribution is 2.29. The normalized spacial score (nSPS) is 27.8. The summed E-state index contributed by atoms with van der Waals surface area (Å²) in [5.74, 6) is 2.33. The van der Waals surface area contributed by atoms with E-state index in [1.165, 1.54) is 12.8 Å². The van der Waals surface area contributed by atoms with Gasteiger partial charge in [0.25, 0.3) is 0 Å². The lowest BCUT2D eigenvalue weighted by Gasteiger charge is -2.34. The highest BCUT2D eigenvalue weighted by molar-refractivity contribution is 5.88. The van der Waals surface area contributed by atoms with E-state index in [4.69, 9.17) is 4.52 Å². The lowest BCUT2D eigenvalue weighted by molar-refractivity contribution is 0.201. The van der Waals surface area contributed by atoms with Gasteiger partial charge < -0.3 is 9.84 Å². The zero-order valence-electron chi connectivity index (χ0n) is 11.2. The van der Waals surface area contributed by atoms with Crippen LogP contribution in [0.2, 0.25) is 0 Å². The van der Waals surface area contributed by atoms with Gasteiger partial charge in [0, 0.05) is 12.1 Å². The predicted octanol–water partition coefficient (Wildman–Crippen LogP) is 2.93. The lowest BCUT2D eigenvalue weighted by atomic mass is 9.78. The molecule has 0 spiro atoms. The molecule has 2 N–H and O–H groups in total. The van der Waals surface area contributed by atoms with E-state index in [9.17, 15) is 4.79 Å². The third-order valence-electron chi connectivity index (χ3n) is 3.89. The molecule has 1 fully saturated rings. The number of hydrogen-bond acceptors (Lipinski definition) is 3. The van der Waals surface area contributed by atoms with Gasteiger partial charge in [-0.3, -0.25) is 5.32 Å². The minimum Gasteiger partial charge on any atom is -0.360 e. The Morgan fingerprint density at radius 1 is 1.44 bits per heavy atom. The molecular formula is C13H21N3O2. The molecule has 1 saturated carbocycles. The van der Waals surface area contributed by atoms with E-state index < -0.39 is 0 Å². The molecule has 1 aliphatic carbocycles. The van der Waals surface area contributed by atoms with Crippen LogP contribution in [-0.4, -0.2) is 17.2 Å². The maximum Gasteiger partial charge on any atom is 0.320 e. The molecule has 0 aromatic carbocycles. The van der Waals surface area contributed by atoms with Gasteiger partial charge in [-0.1, -0.05) is 31.8 Å². The molecule has 100 valence electrons. The Kier molecular flexibility index (Phi) is 3.89. The first kappa shape index (κ1) is 12.9. The Morgan fingerprint density at radius 2 is 2.22 bits per heavy atom. The molecule has 1 aliphatic rings. The monoisotopic (exact) mass is 251 g/mol. The van der Waals surface area contributed by atoms with Crippen LogP contribution in [0.15, 0.2) is 10.6 Å². The number of hydrogen-bond donors (Lipinski definition) is 2. The van der Waals surface area contributed by atoms with Gasteiger partial charge in [-0.05, 0) is 25.2 Å². The van der Waals surface area contributed by atoms with Gasteiger partial charge >= 0.3 is 6.03 Å². The van der Waals surface area contributed by atoms with E-state index in [-0.39, 0.29) is 12.1 Å². The second kappa shape index (κ2) is 5.42. The van der Waals surface area contributed by atoms with Crippen LogP contribution >= 0.6 is 0 Å². The van der Waals surface area contributed by atoms with Crippen molar-refractivity contribution in [2.24, 2.45) is 11.8 Å². The third-order valence-corrected chi connectivity index (χ3v) is 3.89. The van der Waals surface area contributed by atoms with Crippen LogP contribution in [0, 0.1) is 18.8 Å². The Hall–Kier alpha value is -1.52. The van der Waals surface area contributed by atoms with Crippen molar-refractivity contribution >= 4 is 11.8 Å².